The number of aryl methyl sites for hydroxylation is 1. The highest BCUT2D eigenvalue weighted by Crippen LogP contribution is 2.12. The number of nitrogens with zero attached hydrogens (tertiary/aromatic N) is 4. The molecule has 1 N–H and O–H groups in total. The third kappa shape index (κ3) is 4.60. The molecule has 0 radical (unpaired) electrons. The van der Waals surface area contributed by atoms with E-state index in [1.165, 1.54) is 0 Å². The van der Waals surface area contributed by atoms with Crippen molar-refractivity contribution in [3.63, 3.8) is 0 Å². The first kappa shape index (κ1) is 18.4. The average molecular weight is 357 g/mol. The van der Waals surface area contributed by atoms with Gasteiger partial charge >= 0.3 is 0 Å². The van der Waals surface area contributed by atoms with E-state index in [4.69, 9.17) is 0 Å². The highest BCUT2D eigenvalue weighted by atomic mass is 16.2. The SMILES string of the molecule is CN(C)C(=O)CN1CCCN(C(=O)CCc2nc3ccccc3[nH]2)CC1. The molecule has 0 unspecified atom stereocenters. The molecule has 1 aliphatic heterocycles. The van der Waals surface area contributed by atoms with Crippen LogP contribution < -0.4 is 0 Å². The molecule has 1 aromatic heterocycles. The first-order valence-electron chi connectivity index (χ1n) is 9.17. The molecule has 140 valence electrons. The number of nitrogens with one attached hydrogen (secondary N) is 1. The van der Waals surface area contributed by atoms with Crippen LogP contribution in [-0.2, 0) is 16.0 Å². The number of benzene rings is 1. The van der Waals surface area contributed by atoms with E-state index < -0.39 is 0 Å². The van der Waals surface area contributed by atoms with Crippen molar-refractivity contribution in [3.8, 4) is 0 Å². The maximum absolute atomic E-state index is 12.6. The minimum Gasteiger partial charge on any atom is -0.348 e. The third-order valence-corrected chi connectivity index (χ3v) is 4.81. The van der Waals surface area contributed by atoms with Crippen LogP contribution in [0.2, 0.25) is 0 Å². The number of H-pyrrole nitrogens is 1. The van der Waals surface area contributed by atoms with E-state index in [0.29, 0.717) is 25.9 Å². The van der Waals surface area contributed by atoms with Crippen LogP contribution in [0.5, 0.6) is 0 Å². The molecule has 2 aromatic rings. The molecule has 26 heavy (non-hydrogen) atoms. The van der Waals surface area contributed by atoms with Crippen LogP contribution >= 0.6 is 0 Å². The Bertz CT molecular complexity index is 737. The van der Waals surface area contributed by atoms with Crippen molar-refractivity contribution in [2.75, 3.05) is 46.8 Å². The number of carbonyl (C=O) groups is 2. The highest BCUT2D eigenvalue weighted by molar-refractivity contribution is 5.78. The Morgan fingerprint density at radius 3 is 2.73 bits per heavy atom. The zero-order valence-electron chi connectivity index (χ0n) is 15.6. The van der Waals surface area contributed by atoms with Crippen LogP contribution in [0, 0.1) is 0 Å². The molecule has 0 spiro atoms. The number of imidazole rings is 1. The first-order chi connectivity index (χ1) is 12.5. The number of amides is 2. The summed E-state index contributed by atoms with van der Waals surface area (Å²) in [6, 6.07) is 7.89. The average Bonchev–Trinajstić information content (AvgIpc) is 2.90. The number of rotatable bonds is 5. The third-order valence-electron chi connectivity index (χ3n) is 4.81. The summed E-state index contributed by atoms with van der Waals surface area (Å²) in [6.07, 6.45) is 1.97. The van der Waals surface area contributed by atoms with Gasteiger partial charge in [-0.1, -0.05) is 12.1 Å². The van der Waals surface area contributed by atoms with Crippen LogP contribution in [0.1, 0.15) is 18.7 Å². The van der Waals surface area contributed by atoms with Gasteiger partial charge in [-0.2, -0.15) is 0 Å². The maximum atomic E-state index is 12.6. The Balaban J connectivity index is 1.49. The van der Waals surface area contributed by atoms with Gasteiger partial charge in [0.2, 0.25) is 11.8 Å². The van der Waals surface area contributed by atoms with Gasteiger partial charge < -0.3 is 14.8 Å². The van der Waals surface area contributed by atoms with E-state index in [1.807, 2.05) is 29.2 Å². The van der Waals surface area contributed by atoms with Gasteiger partial charge in [-0.25, -0.2) is 4.98 Å². The minimum atomic E-state index is 0.106. The second kappa shape index (κ2) is 8.31. The van der Waals surface area contributed by atoms with Crippen LogP contribution in [0.25, 0.3) is 11.0 Å². The van der Waals surface area contributed by atoms with Crippen LogP contribution in [0.4, 0.5) is 0 Å². The second-order valence-electron chi connectivity index (χ2n) is 7.00. The minimum absolute atomic E-state index is 0.106. The molecule has 2 heterocycles. The van der Waals surface area contributed by atoms with Crippen molar-refractivity contribution in [1.82, 2.24) is 24.7 Å². The molecule has 0 atom stereocenters. The largest absolute Gasteiger partial charge is 0.348 e. The lowest BCUT2D eigenvalue weighted by Gasteiger charge is -2.22. The van der Waals surface area contributed by atoms with Gasteiger partial charge in [-0.05, 0) is 18.6 Å². The van der Waals surface area contributed by atoms with E-state index in [1.54, 1.807) is 19.0 Å². The molecule has 1 aromatic carbocycles. The Morgan fingerprint density at radius 2 is 1.96 bits per heavy atom. The lowest BCUT2D eigenvalue weighted by molar-refractivity contribution is -0.131. The molecule has 0 aliphatic carbocycles. The van der Waals surface area contributed by atoms with Crippen molar-refractivity contribution < 1.29 is 9.59 Å². The topological polar surface area (TPSA) is 72.5 Å². The van der Waals surface area contributed by atoms with Crippen LogP contribution in [0.15, 0.2) is 24.3 Å². The van der Waals surface area contributed by atoms with Gasteiger partial charge in [0.1, 0.15) is 5.82 Å². The quantitative estimate of drug-likeness (QED) is 0.870. The number of hydrogen-bond acceptors (Lipinski definition) is 4. The normalized spacial score (nSPS) is 15.8. The fraction of sp³-hybridized carbons (Fsp3) is 0.526. The molecule has 7 nitrogen and oxygen atoms in total. The summed E-state index contributed by atoms with van der Waals surface area (Å²) in [5.41, 5.74) is 1.94. The van der Waals surface area contributed by atoms with Crippen molar-refractivity contribution in [2.45, 2.75) is 19.3 Å². The lowest BCUT2D eigenvalue weighted by atomic mass is 10.2. The molecule has 0 bridgehead atoms. The highest BCUT2D eigenvalue weighted by Gasteiger charge is 2.21. The number of fused-ring (bicyclic) bond motifs is 1. The maximum Gasteiger partial charge on any atom is 0.236 e. The molecule has 1 saturated heterocycles. The van der Waals surface area contributed by atoms with E-state index >= 15 is 0 Å². The van der Waals surface area contributed by atoms with Crippen LogP contribution in [-0.4, -0.2) is 83.3 Å². The summed E-state index contributed by atoms with van der Waals surface area (Å²) in [4.78, 5) is 37.9. The standard InChI is InChI=1S/C19H27N5O2/c1-22(2)19(26)14-23-10-5-11-24(13-12-23)18(25)9-8-17-20-15-6-3-4-7-16(15)21-17/h3-4,6-7H,5,8-14H2,1-2H3,(H,20,21). The van der Waals surface area contributed by atoms with Gasteiger partial charge in [0.15, 0.2) is 0 Å². The molecular formula is C19H27N5O2. The summed E-state index contributed by atoms with van der Waals surface area (Å²) < 4.78 is 0. The summed E-state index contributed by atoms with van der Waals surface area (Å²) >= 11 is 0. The van der Waals surface area contributed by atoms with Gasteiger partial charge in [-0.15, -0.1) is 0 Å². The Labute approximate surface area is 154 Å². The van der Waals surface area contributed by atoms with Crippen molar-refractivity contribution >= 4 is 22.8 Å². The summed E-state index contributed by atoms with van der Waals surface area (Å²) in [5, 5.41) is 0. The Morgan fingerprint density at radius 1 is 1.15 bits per heavy atom. The zero-order valence-corrected chi connectivity index (χ0v) is 15.6. The van der Waals surface area contributed by atoms with Gasteiger partial charge in [0.05, 0.1) is 17.6 Å². The molecule has 1 fully saturated rings. The van der Waals surface area contributed by atoms with Crippen molar-refractivity contribution in [2.24, 2.45) is 0 Å². The summed E-state index contributed by atoms with van der Waals surface area (Å²) in [6.45, 7) is 3.46. The molecule has 3 rings (SSSR count). The summed E-state index contributed by atoms with van der Waals surface area (Å²) in [5.74, 6) is 1.12. The molecule has 1 aliphatic rings. The number of carbonyl (C=O) groups excluding carboxylic acids is 2. The monoisotopic (exact) mass is 357 g/mol. The number of likely N-dealkylation sites (N-methyl/N-ethyl adjacent to an activating group) is 1. The Kier molecular flexibility index (Phi) is 5.88. The molecule has 0 saturated carbocycles. The predicted molar refractivity (Wildman–Crippen MR) is 101 cm³/mol. The molecular weight excluding hydrogens is 330 g/mol. The van der Waals surface area contributed by atoms with Gasteiger partial charge in [0.25, 0.3) is 0 Å². The van der Waals surface area contributed by atoms with Gasteiger partial charge in [0, 0.05) is 53.1 Å². The lowest BCUT2D eigenvalue weighted by Crippen LogP contribution is -2.39. The fourth-order valence-corrected chi connectivity index (χ4v) is 3.22. The number of para-hydroxylation sites is 2. The van der Waals surface area contributed by atoms with Crippen molar-refractivity contribution in [1.29, 1.82) is 0 Å². The second-order valence-corrected chi connectivity index (χ2v) is 7.00. The van der Waals surface area contributed by atoms with E-state index in [-0.39, 0.29) is 11.8 Å². The van der Waals surface area contributed by atoms with Crippen molar-refractivity contribution in [3.05, 3.63) is 30.1 Å². The number of aromatic amines is 1. The van der Waals surface area contributed by atoms with E-state index in [2.05, 4.69) is 14.9 Å². The molecule has 2 amide bonds. The number of hydrogen-bond donors (Lipinski definition) is 1. The fourth-order valence-electron chi connectivity index (χ4n) is 3.22. The van der Waals surface area contributed by atoms with E-state index in [0.717, 1.165) is 42.9 Å². The van der Waals surface area contributed by atoms with Gasteiger partial charge in [-0.3, -0.25) is 14.5 Å². The van der Waals surface area contributed by atoms with E-state index in [9.17, 15) is 9.59 Å². The van der Waals surface area contributed by atoms with Crippen LogP contribution in [0.3, 0.4) is 0 Å². The molecule has 7 heteroatoms. The summed E-state index contributed by atoms with van der Waals surface area (Å²) in [7, 11) is 3.54. The first-order valence-corrected chi connectivity index (χ1v) is 9.17. The predicted octanol–water partition coefficient (Wildman–Crippen LogP) is 1.12. The number of aromatic nitrogens is 2. The smallest absolute Gasteiger partial charge is 0.236 e. The Hall–Kier alpha value is -2.41. The zero-order chi connectivity index (χ0) is 18.5.